The van der Waals surface area contributed by atoms with Crippen LogP contribution in [0.1, 0.15) is 32.8 Å². The number of amides is 2. The third-order valence-electron chi connectivity index (χ3n) is 3.79. The minimum atomic E-state index is -0.795. The highest BCUT2D eigenvalue weighted by molar-refractivity contribution is 5.99. The van der Waals surface area contributed by atoms with Crippen molar-refractivity contribution in [2.45, 2.75) is 45.3 Å². The van der Waals surface area contributed by atoms with Gasteiger partial charge in [-0.05, 0) is 38.0 Å². The zero-order valence-corrected chi connectivity index (χ0v) is 11.5. The Hall–Kier alpha value is -1.91. The predicted octanol–water partition coefficient (Wildman–Crippen LogP) is 1.10. The first-order valence-electron chi connectivity index (χ1n) is 6.50. The SMILES string of the molecule is CCC1(C)NC(=O)C(C)N(Cc2ccncc2)C1=O. The molecule has 2 amide bonds. The highest BCUT2D eigenvalue weighted by Gasteiger charge is 2.45. The lowest BCUT2D eigenvalue weighted by atomic mass is 9.92. The van der Waals surface area contributed by atoms with Crippen molar-refractivity contribution in [3.63, 3.8) is 0 Å². The average molecular weight is 261 g/mol. The zero-order chi connectivity index (χ0) is 14.0. The van der Waals surface area contributed by atoms with Gasteiger partial charge in [-0.1, -0.05) is 6.92 Å². The largest absolute Gasteiger partial charge is 0.340 e. The molecule has 0 aromatic carbocycles. The second-order valence-electron chi connectivity index (χ2n) is 5.14. The van der Waals surface area contributed by atoms with Crippen LogP contribution in [0.25, 0.3) is 0 Å². The molecule has 19 heavy (non-hydrogen) atoms. The van der Waals surface area contributed by atoms with E-state index in [1.54, 1.807) is 31.1 Å². The maximum Gasteiger partial charge on any atom is 0.248 e. The first kappa shape index (κ1) is 13.5. The molecule has 5 heteroatoms. The van der Waals surface area contributed by atoms with E-state index < -0.39 is 11.6 Å². The van der Waals surface area contributed by atoms with Crippen LogP contribution in [0.3, 0.4) is 0 Å². The quantitative estimate of drug-likeness (QED) is 0.886. The molecule has 2 rings (SSSR count). The van der Waals surface area contributed by atoms with Gasteiger partial charge in [0.25, 0.3) is 0 Å². The van der Waals surface area contributed by atoms with Crippen molar-refractivity contribution in [2.24, 2.45) is 0 Å². The minimum absolute atomic E-state index is 0.0288. The van der Waals surface area contributed by atoms with Crippen molar-refractivity contribution in [1.82, 2.24) is 15.2 Å². The summed E-state index contributed by atoms with van der Waals surface area (Å²) in [5, 5.41) is 2.82. The summed E-state index contributed by atoms with van der Waals surface area (Å²) in [5.41, 5.74) is 0.180. The lowest BCUT2D eigenvalue weighted by molar-refractivity contribution is -0.154. The van der Waals surface area contributed by atoms with Crippen LogP contribution in [0.5, 0.6) is 0 Å². The second kappa shape index (κ2) is 4.99. The predicted molar refractivity (Wildman–Crippen MR) is 71.1 cm³/mol. The molecular weight excluding hydrogens is 242 g/mol. The first-order valence-corrected chi connectivity index (χ1v) is 6.50. The fourth-order valence-electron chi connectivity index (χ4n) is 2.20. The summed E-state index contributed by atoms with van der Waals surface area (Å²) in [5.74, 6) is -0.128. The van der Waals surface area contributed by atoms with E-state index in [-0.39, 0.29) is 11.8 Å². The van der Waals surface area contributed by atoms with Crippen LogP contribution in [0.2, 0.25) is 0 Å². The van der Waals surface area contributed by atoms with Crippen molar-refractivity contribution in [2.75, 3.05) is 0 Å². The smallest absolute Gasteiger partial charge is 0.248 e. The molecule has 0 saturated carbocycles. The number of nitrogens with one attached hydrogen (secondary N) is 1. The van der Waals surface area contributed by atoms with E-state index in [2.05, 4.69) is 10.3 Å². The molecule has 102 valence electrons. The molecule has 1 aliphatic heterocycles. The molecule has 2 atom stereocenters. The van der Waals surface area contributed by atoms with Gasteiger partial charge in [0, 0.05) is 18.9 Å². The highest BCUT2D eigenvalue weighted by atomic mass is 16.2. The topological polar surface area (TPSA) is 62.3 Å². The summed E-state index contributed by atoms with van der Waals surface area (Å²) in [7, 11) is 0. The van der Waals surface area contributed by atoms with Gasteiger partial charge in [-0.25, -0.2) is 0 Å². The Morgan fingerprint density at radius 2 is 2.00 bits per heavy atom. The van der Waals surface area contributed by atoms with Crippen molar-refractivity contribution in [1.29, 1.82) is 0 Å². The molecule has 0 radical (unpaired) electrons. The Morgan fingerprint density at radius 1 is 1.37 bits per heavy atom. The lowest BCUT2D eigenvalue weighted by Crippen LogP contribution is -2.68. The number of hydrogen-bond acceptors (Lipinski definition) is 3. The standard InChI is InChI=1S/C14H19N3O2/c1-4-14(3)13(19)17(10(2)12(18)16-14)9-11-5-7-15-8-6-11/h5-8,10H,4,9H2,1-3H3,(H,16,18). The number of aromatic nitrogens is 1. The lowest BCUT2D eigenvalue weighted by Gasteiger charge is -2.43. The summed E-state index contributed by atoms with van der Waals surface area (Å²) >= 11 is 0. The highest BCUT2D eigenvalue weighted by Crippen LogP contribution is 2.23. The Morgan fingerprint density at radius 3 is 2.58 bits per heavy atom. The molecule has 1 saturated heterocycles. The molecule has 1 aliphatic rings. The van der Waals surface area contributed by atoms with Crippen LogP contribution in [0.15, 0.2) is 24.5 Å². The number of pyridine rings is 1. The summed E-state index contributed by atoms with van der Waals surface area (Å²) in [6, 6.07) is 3.27. The molecule has 0 bridgehead atoms. The van der Waals surface area contributed by atoms with Crippen molar-refractivity contribution in [3.05, 3.63) is 30.1 Å². The minimum Gasteiger partial charge on any atom is -0.340 e. The number of nitrogens with zero attached hydrogens (tertiary/aromatic N) is 2. The number of piperazine rings is 1. The molecule has 5 nitrogen and oxygen atoms in total. The van der Waals surface area contributed by atoms with Crippen LogP contribution in [-0.4, -0.2) is 33.3 Å². The van der Waals surface area contributed by atoms with Gasteiger partial charge in [0.05, 0.1) is 0 Å². The Labute approximate surface area is 113 Å². The summed E-state index contributed by atoms with van der Waals surface area (Å²) in [4.78, 5) is 30.1. The number of hydrogen-bond donors (Lipinski definition) is 1. The fraction of sp³-hybridized carbons (Fsp3) is 0.500. The van der Waals surface area contributed by atoms with Gasteiger partial charge in [0.1, 0.15) is 11.6 Å². The van der Waals surface area contributed by atoms with Gasteiger partial charge in [-0.15, -0.1) is 0 Å². The van der Waals surface area contributed by atoms with Crippen molar-refractivity contribution in [3.8, 4) is 0 Å². The van der Waals surface area contributed by atoms with Crippen molar-refractivity contribution < 1.29 is 9.59 Å². The van der Waals surface area contributed by atoms with Gasteiger partial charge >= 0.3 is 0 Å². The van der Waals surface area contributed by atoms with Crippen LogP contribution in [0, 0.1) is 0 Å². The molecule has 1 N–H and O–H groups in total. The van der Waals surface area contributed by atoms with Crippen LogP contribution in [-0.2, 0) is 16.1 Å². The maximum absolute atomic E-state index is 12.5. The van der Waals surface area contributed by atoms with Crippen molar-refractivity contribution >= 4 is 11.8 Å². The molecule has 0 spiro atoms. The molecule has 1 aromatic heterocycles. The summed E-state index contributed by atoms with van der Waals surface area (Å²) in [6.45, 7) is 5.87. The maximum atomic E-state index is 12.5. The third kappa shape index (κ3) is 2.45. The van der Waals surface area contributed by atoms with E-state index in [1.807, 2.05) is 19.1 Å². The van der Waals surface area contributed by atoms with E-state index >= 15 is 0 Å². The Kier molecular flexibility index (Phi) is 3.55. The molecule has 2 unspecified atom stereocenters. The Bertz CT molecular complexity index is 489. The molecule has 1 aromatic rings. The van der Waals surface area contributed by atoms with Gasteiger partial charge < -0.3 is 10.2 Å². The molecule has 1 fully saturated rings. The first-order chi connectivity index (χ1) is 8.98. The van der Waals surface area contributed by atoms with Gasteiger partial charge in [0.2, 0.25) is 11.8 Å². The van der Waals surface area contributed by atoms with Gasteiger partial charge in [0.15, 0.2) is 0 Å². The van der Waals surface area contributed by atoms with Crippen LogP contribution < -0.4 is 5.32 Å². The molecular formula is C14H19N3O2. The average Bonchev–Trinajstić information content (AvgIpc) is 2.42. The summed E-state index contributed by atoms with van der Waals surface area (Å²) in [6.07, 6.45) is 3.96. The van der Waals surface area contributed by atoms with E-state index in [1.165, 1.54) is 0 Å². The zero-order valence-electron chi connectivity index (χ0n) is 11.5. The van der Waals surface area contributed by atoms with E-state index in [4.69, 9.17) is 0 Å². The monoisotopic (exact) mass is 261 g/mol. The number of carbonyl (C=O) groups is 2. The Balaban J connectivity index is 2.26. The number of rotatable bonds is 3. The molecule has 0 aliphatic carbocycles. The fourth-order valence-corrected chi connectivity index (χ4v) is 2.20. The second-order valence-corrected chi connectivity index (χ2v) is 5.14. The third-order valence-corrected chi connectivity index (χ3v) is 3.79. The van der Waals surface area contributed by atoms with E-state index in [0.717, 1.165) is 5.56 Å². The van der Waals surface area contributed by atoms with Crippen LogP contribution >= 0.6 is 0 Å². The number of carbonyl (C=O) groups excluding carboxylic acids is 2. The van der Waals surface area contributed by atoms with Gasteiger partial charge in [-0.3, -0.25) is 14.6 Å². The normalized spacial score (nSPS) is 27.3. The molecule has 2 heterocycles. The summed E-state index contributed by atoms with van der Waals surface area (Å²) < 4.78 is 0. The van der Waals surface area contributed by atoms with Gasteiger partial charge in [-0.2, -0.15) is 0 Å². The van der Waals surface area contributed by atoms with E-state index in [9.17, 15) is 9.59 Å². The van der Waals surface area contributed by atoms with E-state index in [0.29, 0.717) is 13.0 Å². The van der Waals surface area contributed by atoms with Crippen LogP contribution in [0.4, 0.5) is 0 Å².